The van der Waals surface area contributed by atoms with Crippen LogP contribution >= 0.6 is 12.4 Å². The van der Waals surface area contributed by atoms with Crippen molar-refractivity contribution in [2.24, 2.45) is 5.73 Å². The van der Waals surface area contributed by atoms with Crippen molar-refractivity contribution < 1.29 is 4.74 Å². The topological polar surface area (TPSA) is 35.2 Å². The first-order valence-corrected chi connectivity index (χ1v) is 2.90. The van der Waals surface area contributed by atoms with Gasteiger partial charge in [0.15, 0.2) is 0 Å². The third-order valence-corrected chi connectivity index (χ3v) is 0.653. The zero-order valence-electron chi connectivity index (χ0n) is 6.31. The lowest BCUT2D eigenvalue weighted by molar-refractivity contribution is 0.00195. The molecule has 0 amide bonds. The Hall–Kier alpha value is 0.210. The van der Waals surface area contributed by atoms with Crippen LogP contribution in [-0.4, -0.2) is 18.8 Å². The predicted molar refractivity (Wildman–Crippen MR) is 42.0 cm³/mol. The molecule has 0 aliphatic heterocycles. The fraction of sp³-hybridized carbons (Fsp3) is 1.00. The maximum atomic E-state index is 5.25. The average molecular weight is 154 g/mol. The molecular formula is C6H16ClNO. The van der Waals surface area contributed by atoms with Gasteiger partial charge in [-0.3, -0.25) is 0 Å². The highest BCUT2D eigenvalue weighted by Gasteiger charge is 2.07. The molecule has 0 rings (SSSR count). The number of halogens is 1. The van der Waals surface area contributed by atoms with Gasteiger partial charge in [0.05, 0.1) is 12.2 Å². The molecule has 2 nitrogen and oxygen atoms in total. The van der Waals surface area contributed by atoms with E-state index in [1.807, 2.05) is 20.8 Å². The van der Waals surface area contributed by atoms with E-state index in [9.17, 15) is 0 Å². The van der Waals surface area contributed by atoms with Gasteiger partial charge in [0, 0.05) is 6.54 Å². The molecule has 0 bridgehead atoms. The van der Waals surface area contributed by atoms with Crippen molar-refractivity contribution in [3.8, 4) is 0 Å². The van der Waals surface area contributed by atoms with Crippen molar-refractivity contribution in [3.05, 3.63) is 0 Å². The van der Waals surface area contributed by atoms with Crippen LogP contribution in [0.25, 0.3) is 0 Å². The molecule has 0 aliphatic rings. The number of nitrogens with two attached hydrogens (primary N) is 1. The van der Waals surface area contributed by atoms with Gasteiger partial charge in [-0.2, -0.15) is 0 Å². The third-order valence-electron chi connectivity index (χ3n) is 0.653. The average Bonchev–Trinajstić information content (AvgIpc) is 1.59. The van der Waals surface area contributed by atoms with Crippen LogP contribution in [0.15, 0.2) is 0 Å². The molecule has 0 aromatic carbocycles. The van der Waals surface area contributed by atoms with E-state index >= 15 is 0 Å². The second-order valence-electron chi connectivity index (χ2n) is 2.75. The molecule has 0 unspecified atom stereocenters. The molecule has 0 saturated carbocycles. The highest BCUT2D eigenvalue weighted by atomic mass is 35.5. The Morgan fingerprint density at radius 2 is 1.78 bits per heavy atom. The van der Waals surface area contributed by atoms with Crippen molar-refractivity contribution in [3.63, 3.8) is 0 Å². The summed E-state index contributed by atoms with van der Waals surface area (Å²) in [6, 6.07) is 0. The highest BCUT2D eigenvalue weighted by Crippen LogP contribution is 2.04. The van der Waals surface area contributed by atoms with Crippen LogP contribution in [0.5, 0.6) is 0 Å². The Kier molecular flexibility index (Phi) is 6.68. The van der Waals surface area contributed by atoms with Crippen LogP contribution in [0, 0.1) is 0 Å². The van der Waals surface area contributed by atoms with Crippen molar-refractivity contribution in [2.75, 3.05) is 13.2 Å². The van der Waals surface area contributed by atoms with Crippen LogP contribution < -0.4 is 5.73 Å². The van der Waals surface area contributed by atoms with Gasteiger partial charge in [0.1, 0.15) is 0 Å². The van der Waals surface area contributed by atoms with Gasteiger partial charge in [-0.05, 0) is 20.8 Å². The second kappa shape index (κ2) is 5.03. The first-order chi connectivity index (χ1) is 3.56. The molecule has 9 heavy (non-hydrogen) atoms. The molecule has 58 valence electrons. The highest BCUT2D eigenvalue weighted by molar-refractivity contribution is 5.85. The Labute approximate surface area is 63.2 Å². The van der Waals surface area contributed by atoms with Crippen molar-refractivity contribution in [1.82, 2.24) is 0 Å². The van der Waals surface area contributed by atoms with Gasteiger partial charge in [-0.15, -0.1) is 12.4 Å². The predicted octanol–water partition coefficient (Wildman–Crippen LogP) is 1.18. The molecule has 0 spiro atoms. The lowest BCUT2D eigenvalue weighted by atomic mass is 10.2. The Morgan fingerprint density at radius 1 is 1.33 bits per heavy atom. The van der Waals surface area contributed by atoms with Gasteiger partial charge in [-0.1, -0.05) is 0 Å². The molecule has 0 atom stereocenters. The summed E-state index contributed by atoms with van der Waals surface area (Å²) in [6.07, 6.45) is 0. The molecule has 0 fully saturated rings. The smallest absolute Gasteiger partial charge is 0.0599 e. The molecule has 3 heteroatoms. The normalized spacial score (nSPS) is 10.7. The second-order valence-corrected chi connectivity index (χ2v) is 2.75. The minimum atomic E-state index is -0.0284. The van der Waals surface area contributed by atoms with E-state index in [0.717, 1.165) is 0 Å². The quantitative estimate of drug-likeness (QED) is 0.647. The van der Waals surface area contributed by atoms with Crippen molar-refractivity contribution in [2.45, 2.75) is 26.4 Å². The molecular weight excluding hydrogens is 138 g/mol. The monoisotopic (exact) mass is 153 g/mol. The summed E-state index contributed by atoms with van der Waals surface area (Å²) >= 11 is 0. The van der Waals surface area contributed by atoms with E-state index in [1.54, 1.807) is 0 Å². The summed E-state index contributed by atoms with van der Waals surface area (Å²) in [7, 11) is 0. The van der Waals surface area contributed by atoms with E-state index in [0.29, 0.717) is 13.2 Å². The van der Waals surface area contributed by atoms with Crippen molar-refractivity contribution >= 4 is 12.4 Å². The van der Waals surface area contributed by atoms with Crippen LogP contribution in [0.4, 0.5) is 0 Å². The van der Waals surface area contributed by atoms with Crippen LogP contribution in [0.3, 0.4) is 0 Å². The number of hydrogen-bond donors (Lipinski definition) is 1. The fourth-order valence-corrected chi connectivity index (χ4v) is 0.365. The van der Waals surface area contributed by atoms with E-state index in [1.165, 1.54) is 0 Å². The number of rotatable bonds is 2. The summed E-state index contributed by atoms with van der Waals surface area (Å²) in [5.74, 6) is 0. The summed E-state index contributed by atoms with van der Waals surface area (Å²) < 4.78 is 5.25. The molecule has 0 aliphatic carbocycles. The molecule has 2 N–H and O–H groups in total. The zero-order chi connectivity index (χ0) is 6.62. The van der Waals surface area contributed by atoms with Gasteiger partial charge in [-0.25, -0.2) is 0 Å². The minimum absolute atomic E-state index is 0. The Balaban J connectivity index is 0. The molecule has 0 heterocycles. The Morgan fingerprint density at radius 3 is 1.89 bits per heavy atom. The van der Waals surface area contributed by atoms with Gasteiger partial charge < -0.3 is 10.5 Å². The summed E-state index contributed by atoms with van der Waals surface area (Å²) in [4.78, 5) is 0. The summed E-state index contributed by atoms with van der Waals surface area (Å²) in [5, 5.41) is 0. The standard InChI is InChI=1S/C6H15NO.ClH/c1-6(2,3)8-5-4-7;/h4-5,7H2,1-3H3;1H. The summed E-state index contributed by atoms with van der Waals surface area (Å²) in [6.45, 7) is 7.31. The molecule has 0 aromatic rings. The van der Waals surface area contributed by atoms with Gasteiger partial charge in [0.25, 0.3) is 0 Å². The van der Waals surface area contributed by atoms with E-state index in [4.69, 9.17) is 10.5 Å². The van der Waals surface area contributed by atoms with Crippen LogP contribution in [-0.2, 0) is 4.74 Å². The van der Waals surface area contributed by atoms with Crippen LogP contribution in [0.2, 0.25) is 0 Å². The minimum Gasteiger partial charge on any atom is -0.375 e. The van der Waals surface area contributed by atoms with E-state index < -0.39 is 0 Å². The Bertz CT molecular complexity index is 60.6. The lowest BCUT2D eigenvalue weighted by Gasteiger charge is -2.18. The first-order valence-electron chi connectivity index (χ1n) is 2.90. The third kappa shape index (κ3) is 11.7. The van der Waals surface area contributed by atoms with E-state index in [-0.39, 0.29) is 18.0 Å². The fourth-order valence-electron chi connectivity index (χ4n) is 0.365. The molecule has 0 radical (unpaired) electrons. The van der Waals surface area contributed by atoms with Gasteiger partial charge >= 0.3 is 0 Å². The van der Waals surface area contributed by atoms with Crippen molar-refractivity contribution in [1.29, 1.82) is 0 Å². The SMILES string of the molecule is CC(C)(C)OCCN.Cl. The van der Waals surface area contributed by atoms with Crippen LogP contribution in [0.1, 0.15) is 20.8 Å². The largest absolute Gasteiger partial charge is 0.375 e. The van der Waals surface area contributed by atoms with E-state index in [2.05, 4.69) is 0 Å². The molecule has 0 saturated heterocycles. The zero-order valence-corrected chi connectivity index (χ0v) is 7.12. The lowest BCUT2D eigenvalue weighted by Crippen LogP contribution is -2.23. The molecule has 0 aromatic heterocycles. The van der Waals surface area contributed by atoms with Gasteiger partial charge in [0.2, 0.25) is 0 Å². The maximum Gasteiger partial charge on any atom is 0.0599 e. The maximum absolute atomic E-state index is 5.25. The number of hydrogen-bond acceptors (Lipinski definition) is 2. The summed E-state index contributed by atoms with van der Waals surface area (Å²) in [5.41, 5.74) is 5.18. The first kappa shape index (κ1) is 11.9. The number of ether oxygens (including phenoxy) is 1.